The number of rotatable bonds is 4. The first kappa shape index (κ1) is 13.6. The molecule has 108 valence electrons. The van der Waals surface area contributed by atoms with Crippen molar-refractivity contribution in [3.05, 3.63) is 66.0 Å². The molecule has 3 rings (SSSR count). The van der Waals surface area contributed by atoms with Crippen LogP contribution in [0.2, 0.25) is 0 Å². The van der Waals surface area contributed by atoms with Crippen LogP contribution in [0.15, 0.2) is 54.9 Å². The number of hydrogen-bond donors (Lipinski definition) is 1. The van der Waals surface area contributed by atoms with Crippen molar-refractivity contribution >= 4 is 21.2 Å². The van der Waals surface area contributed by atoms with Crippen molar-refractivity contribution in [2.45, 2.75) is 12.7 Å². The smallest absolute Gasteiger partial charge is 0.236 e. The number of aryl methyl sites for hydroxylation is 1. The van der Waals surface area contributed by atoms with Crippen LogP contribution in [0.25, 0.3) is 5.52 Å². The van der Waals surface area contributed by atoms with E-state index in [1.165, 1.54) is 0 Å². The molecule has 1 aromatic carbocycles. The number of pyridine rings is 1. The minimum Gasteiger partial charge on any atom is -0.283 e. The van der Waals surface area contributed by atoms with E-state index in [4.69, 9.17) is 0 Å². The third-order valence-electron chi connectivity index (χ3n) is 3.15. The lowest BCUT2D eigenvalue weighted by Gasteiger charge is -2.08. The van der Waals surface area contributed by atoms with E-state index in [0.29, 0.717) is 5.69 Å². The summed E-state index contributed by atoms with van der Waals surface area (Å²) in [5.74, 6) is -0.0439. The average molecular weight is 301 g/mol. The van der Waals surface area contributed by atoms with Gasteiger partial charge in [-0.25, -0.2) is 12.9 Å². The number of nitrogens with zero attached hydrogens (tertiary/aromatic N) is 2. The van der Waals surface area contributed by atoms with Crippen molar-refractivity contribution < 1.29 is 8.42 Å². The molecule has 1 N–H and O–H groups in total. The van der Waals surface area contributed by atoms with Gasteiger partial charge in [-0.2, -0.15) is 5.10 Å². The Morgan fingerprint density at radius 3 is 2.67 bits per heavy atom. The molecule has 5 nitrogen and oxygen atoms in total. The fourth-order valence-electron chi connectivity index (χ4n) is 2.10. The SMILES string of the molecule is Cc1ccc(CS(=O)(=O)Nc2ccn3nccc3c2)cc1. The Bertz CT molecular complexity index is 867. The summed E-state index contributed by atoms with van der Waals surface area (Å²) in [4.78, 5) is 0. The molecule has 6 heteroatoms. The van der Waals surface area contributed by atoms with Gasteiger partial charge >= 0.3 is 0 Å². The van der Waals surface area contributed by atoms with E-state index in [0.717, 1.165) is 16.6 Å². The molecule has 0 spiro atoms. The zero-order chi connectivity index (χ0) is 14.9. The van der Waals surface area contributed by atoms with Crippen molar-refractivity contribution in [1.29, 1.82) is 0 Å². The number of aromatic nitrogens is 2. The summed E-state index contributed by atoms with van der Waals surface area (Å²) in [7, 11) is -3.43. The standard InChI is InChI=1S/C15H15N3O2S/c1-12-2-4-13(5-3-12)11-21(19,20)17-14-7-9-18-15(10-14)6-8-16-18/h2-10,17H,11H2,1H3. The van der Waals surface area contributed by atoms with Gasteiger partial charge in [0, 0.05) is 12.4 Å². The first-order valence-electron chi connectivity index (χ1n) is 6.51. The second-order valence-corrected chi connectivity index (χ2v) is 6.69. The van der Waals surface area contributed by atoms with Crippen LogP contribution in [-0.4, -0.2) is 18.0 Å². The number of fused-ring (bicyclic) bond motifs is 1. The van der Waals surface area contributed by atoms with Crippen LogP contribution in [0.5, 0.6) is 0 Å². The molecular weight excluding hydrogens is 286 g/mol. The highest BCUT2D eigenvalue weighted by molar-refractivity contribution is 7.91. The van der Waals surface area contributed by atoms with Crippen molar-refractivity contribution in [2.24, 2.45) is 0 Å². The maximum atomic E-state index is 12.2. The number of anilines is 1. The predicted octanol–water partition coefficient (Wildman–Crippen LogP) is 2.58. The highest BCUT2D eigenvalue weighted by Gasteiger charge is 2.12. The molecule has 2 aromatic heterocycles. The van der Waals surface area contributed by atoms with Crippen LogP contribution in [0.3, 0.4) is 0 Å². The predicted molar refractivity (Wildman–Crippen MR) is 82.6 cm³/mol. The molecule has 0 aliphatic heterocycles. The Morgan fingerprint density at radius 2 is 1.90 bits per heavy atom. The van der Waals surface area contributed by atoms with Crippen LogP contribution in [-0.2, 0) is 15.8 Å². The topological polar surface area (TPSA) is 63.5 Å². The Morgan fingerprint density at radius 1 is 1.14 bits per heavy atom. The van der Waals surface area contributed by atoms with Gasteiger partial charge in [-0.1, -0.05) is 29.8 Å². The fourth-order valence-corrected chi connectivity index (χ4v) is 3.29. The van der Waals surface area contributed by atoms with Crippen molar-refractivity contribution in [1.82, 2.24) is 9.61 Å². The van der Waals surface area contributed by atoms with Crippen LogP contribution >= 0.6 is 0 Å². The lowest BCUT2D eigenvalue weighted by atomic mass is 10.2. The van der Waals surface area contributed by atoms with E-state index in [9.17, 15) is 8.42 Å². The highest BCUT2D eigenvalue weighted by atomic mass is 32.2. The van der Waals surface area contributed by atoms with E-state index < -0.39 is 10.0 Å². The molecule has 0 amide bonds. The van der Waals surface area contributed by atoms with E-state index in [1.54, 1.807) is 29.0 Å². The second-order valence-electron chi connectivity index (χ2n) is 4.96. The molecule has 0 aliphatic rings. The molecule has 0 atom stereocenters. The molecule has 0 bridgehead atoms. The Balaban J connectivity index is 1.80. The number of sulfonamides is 1. The van der Waals surface area contributed by atoms with Crippen molar-refractivity contribution in [2.75, 3.05) is 4.72 Å². The van der Waals surface area contributed by atoms with E-state index in [-0.39, 0.29) is 5.75 Å². The van der Waals surface area contributed by atoms with E-state index >= 15 is 0 Å². The molecule has 0 aliphatic carbocycles. The van der Waals surface area contributed by atoms with Crippen molar-refractivity contribution in [3.63, 3.8) is 0 Å². The third kappa shape index (κ3) is 3.22. The zero-order valence-corrected chi connectivity index (χ0v) is 12.3. The normalized spacial score (nSPS) is 11.7. The summed E-state index contributed by atoms with van der Waals surface area (Å²) in [5, 5.41) is 4.07. The van der Waals surface area contributed by atoms with Gasteiger partial charge in [0.25, 0.3) is 0 Å². The minimum atomic E-state index is -3.43. The van der Waals surface area contributed by atoms with Gasteiger partial charge in [0.05, 0.1) is 17.0 Å². The number of hydrogen-bond acceptors (Lipinski definition) is 3. The number of nitrogens with one attached hydrogen (secondary N) is 1. The lowest BCUT2D eigenvalue weighted by molar-refractivity contribution is 0.600. The van der Waals surface area contributed by atoms with Gasteiger partial charge in [-0.05, 0) is 30.7 Å². The monoisotopic (exact) mass is 301 g/mol. The molecule has 3 aromatic rings. The van der Waals surface area contributed by atoms with E-state index in [1.807, 2.05) is 37.3 Å². The first-order chi connectivity index (χ1) is 10.0. The quantitative estimate of drug-likeness (QED) is 0.805. The van der Waals surface area contributed by atoms with Gasteiger partial charge in [-0.3, -0.25) is 4.72 Å². The zero-order valence-electron chi connectivity index (χ0n) is 11.5. The molecule has 0 radical (unpaired) electrons. The summed E-state index contributed by atoms with van der Waals surface area (Å²) in [6.07, 6.45) is 3.39. The Hall–Kier alpha value is -2.34. The molecule has 0 saturated carbocycles. The largest absolute Gasteiger partial charge is 0.283 e. The summed E-state index contributed by atoms with van der Waals surface area (Å²) in [6, 6.07) is 12.7. The molecule has 2 heterocycles. The molecule has 0 unspecified atom stereocenters. The first-order valence-corrected chi connectivity index (χ1v) is 8.16. The lowest BCUT2D eigenvalue weighted by Crippen LogP contribution is -2.15. The fraction of sp³-hybridized carbons (Fsp3) is 0.133. The Labute approximate surface area is 123 Å². The highest BCUT2D eigenvalue weighted by Crippen LogP contribution is 2.15. The van der Waals surface area contributed by atoms with Crippen molar-refractivity contribution in [3.8, 4) is 0 Å². The summed E-state index contributed by atoms with van der Waals surface area (Å²) in [5.41, 5.74) is 3.24. The average Bonchev–Trinajstić information content (AvgIpc) is 2.88. The van der Waals surface area contributed by atoms with Crippen LogP contribution in [0, 0.1) is 6.92 Å². The van der Waals surface area contributed by atoms with Gasteiger partial charge in [0.2, 0.25) is 10.0 Å². The molecule has 0 saturated heterocycles. The van der Waals surface area contributed by atoms with Crippen LogP contribution in [0.4, 0.5) is 5.69 Å². The van der Waals surface area contributed by atoms with Gasteiger partial charge < -0.3 is 0 Å². The second kappa shape index (κ2) is 5.21. The molecule has 0 fully saturated rings. The van der Waals surface area contributed by atoms with Crippen LogP contribution in [0.1, 0.15) is 11.1 Å². The summed E-state index contributed by atoms with van der Waals surface area (Å²) >= 11 is 0. The summed E-state index contributed by atoms with van der Waals surface area (Å²) < 4.78 is 28.7. The van der Waals surface area contributed by atoms with Crippen LogP contribution < -0.4 is 4.72 Å². The van der Waals surface area contributed by atoms with Gasteiger partial charge in [0.15, 0.2) is 0 Å². The van der Waals surface area contributed by atoms with Gasteiger partial charge in [0.1, 0.15) is 0 Å². The minimum absolute atomic E-state index is 0.0439. The Kier molecular flexibility index (Phi) is 3.39. The maximum Gasteiger partial charge on any atom is 0.236 e. The number of benzene rings is 1. The van der Waals surface area contributed by atoms with E-state index in [2.05, 4.69) is 9.82 Å². The molecule has 21 heavy (non-hydrogen) atoms. The summed E-state index contributed by atoms with van der Waals surface area (Å²) in [6.45, 7) is 1.97. The maximum absolute atomic E-state index is 12.2. The third-order valence-corrected chi connectivity index (χ3v) is 4.41. The van der Waals surface area contributed by atoms with Gasteiger partial charge in [-0.15, -0.1) is 0 Å². The molecular formula is C15H15N3O2S.